The van der Waals surface area contributed by atoms with Crippen LogP contribution in [0.15, 0.2) is 18.2 Å². The summed E-state index contributed by atoms with van der Waals surface area (Å²) in [4.78, 5) is 18.4. The number of ether oxygens (including phenoxy) is 3. The lowest BCUT2D eigenvalue weighted by Gasteiger charge is -2.01. The Hall–Kier alpha value is -1.79. The predicted molar refractivity (Wildman–Crippen MR) is 69.5 cm³/mol. The minimum Gasteiger partial charge on any atom is -0.437 e. The van der Waals surface area contributed by atoms with Crippen molar-refractivity contribution in [1.29, 1.82) is 0 Å². The first-order valence-electron chi connectivity index (χ1n) is 5.61. The first kappa shape index (κ1) is 13.6. The summed E-state index contributed by atoms with van der Waals surface area (Å²) in [6.07, 6.45) is -0.760. The van der Waals surface area contributed by atoms with Gasteiger partial charge in [-0.25, -0.2) is 9.78 Å². The van der Waals surface area contributed by atoms with Crippen LogP contribution in [0, 0.1) is 0 Å². The van der Waals surface area contributed by atoms with Crippen LogP contribution >= 0.6 is 11.6 Å². The first-order valence-corrected chi connectivity index (χ1v) is 6.14. The number of hydrogen-bond acceptors (Lipinski definition) is 5. The molecular formula is C12H13ClN2O4. The molecule has 0 aliphatic heterocycles. The summed E-state index contributed by atoms with van der Waals surface area (Å²) in [5, 5.41) is 0. The monoisotopic (exact) mass is 284 g/mol. The fourth-order valence-corrected chi connectivity index (χ4v) is 1.64. The number of H-pyrrole nitrogens is 1. The molecule has 1 aromatic heterocycles. The van der Waals surface area contributed by atoms with Gasteiger partial charge in [-0.1, -0.05) is 0 Å². The molecule has 0 unspecified atom stereocenters. The van der Waals surface area contributed by atoms with E-state index < -0.39 is 6.16 Å². The van der Waals surface area contributed by atoms with Crippen LogP contribution in [-0.4, -0.2) is 35.7 Å². The molecule has 7 heteroatoms. The highest BCUT2D eigenvalue weighted by molar-refractivity contribution is 6.17. The Bertz CT molecular complexity index is 570. The normalized spacial score (nSPS) is 10.6. The second-order valence-electron chi connectivity index (χ2n) is 3.66. The van der Waals surface area contributed by atoms with Gasteiger partial charge in [0, 0.05) is 11.9 Å². The van der Waals surface area contributed by atoms with Crippen molar-refractivity contribution in [2.45, 2.75) is 6.61 Å². The molecule has 0 saturated carbocycles. The van der Waals surface area contributed by atoms with Crippen molar-refractivity contribution in [3.63, 3.8) is 0 Å². The maximum Gasteiger partial charge on any atom is 0.513 e. The molecule has 0 aliphatic rings. The number of nitrogens with one attached hydrogen (secondary N) is 1. The van der Waals surface area contributed by atoms with Crippen LogP contribution < -0.4 is 4.74 Å². The van der Waals surface area contributed by atoms with Gasteiger partial charge in [-0.05, 0) is 12.1 Å². The summed E-state index contributed by atoms with van der Waals surface area (Å²) in [5.41, 5.74) is 1.52. The summed E-state index contributed by atoms with van der Waals surface area (Å²) in [7, 11) is 1.25. The molecule has 0 atom stereocenters. The predicted octanol–water partition coefficient (Wildman–Crippen LogP) is 2.46. The molecule has 0 amide bonds. The molecule has 102 valence electrons. The third kappa shape index (κ3) is 3.59. The van der Waals surface area contributed by atoms with Crippen LogP contribution in [0.5, 0.6) is 5.75 Å². The van der Waals surface area contributed by atoms with Crippen molar-refractivity contribution in [3.8, 4) is 5.75 Å². The van der Waals surface area contributed by atoms with Gasteiger partial charge in [0.2, 0.25) is 0 Å². The summed E-state index contributed by atoms with van der Waals surface area (Å²) in [6.45, 7) is 0.823. The van der Waals surface area contributed by atoms with Crippen molar-refractivity contribution in [1.82, 2.24) is 9.97 Å². The largest absolute Gasteiger partial charge is 0.513 e. The van der Waals surface area contributed by atoms with Gasteiger partial charge < -0.3 is 19.2 Å². The lowest BCUT2D eigenvalue weighted by atomic mass is 10.3. The van der Waals surface area contributed by atoms with Gasteiger partial charge in [0.1, 0.15) is 18.2 Å². The number of aromatic nitrogens is 2. The lowest BCUT2D eigenvalue weighted by Crippen LogP contribution is -2.06. The molecule has 0 saturated heterocycles. The van der Waals surface area contributed by atoms with E-state index in [4.69, 9.17) is 21.1 Å². The highest BCUT2D eigenvalue weighted by Gasteiger charge is 2.07. The third-order valence-corrected chi connectivity index (χ3v) is 2.48. The van der Waals surface area contributed by atoms with E-state index in [1.54, 1.807) is 18.2 Å². The van der Waals surface area contributed by atoms with Crippen LogP contribution in [0.4, 0.5) is 4.79 Å². The molecule has 2 rings (SSSR count). The topological polar surface area (TPSA) is 73.4 Å². The van der Waals surface area contributed by atoms with E-state index in [-0.39, 0.29) is 0 Å². The smallest absolute Gasteiger partial charge is 0.437 e. The molecule has 0 spiro atoms. The van der Waals surface area contributed by atoms with Crippen LogP contribution in [-0.2, 0) is 16.1 Å². The van der Waals surface area contributed by atoms with E-state index in [9.17, 15) is 4.79 Å². The minimum absolute atomic E-state index is 0.356. The quantitative estimate of drug-likeness (QED) is 0.395. The van der Waals surface area contributed by atoms with E-state index in [0.29, 0.717) is 30.7 Å². The second-order valence-corrected chi connectivity index (χ2v) is 4.04. The fraction of sp³-hybridized carbons (Fsp3) is 0.333. The molecule has 2 aromatic rings. The number of nitrogens with zero attached hydrogens (tertiary/aromatic N) is 1. The second kappa shape index (κ2) is 6.40. The van der Waals surface area contributed by atoms with Gasteiger partial charge in [-0.3, -0.25) is 0 Å². The molecule has 0 fully saturated rings. The molecule has 19 heavy (non-hydrogen) atoms. The summed E-state index contributed by atoms with van der Waals surface area (Å²) >= 11 is 5.51. The first-order chi connectivity index (χ1) is 9.22. The van der Waals surface area contributed by atoms with E-state index in [1.807, 2.05) is 0 Å². The van der Waals surface area contributed by atoms with Gasteiger partial charge in [-0.15, -0.1) is 11.6 Å². The number of fused-ring (bicyclic) bond motifs is 1. The highest BCUT2D eigenvalue weighted by atomic mass is 35.5. The average molecular weight is 285 g/mol. The van der Waals surface area contributed by atoms with Crippen molar-refractivity contribution in [2.24, 2.45) is 0 Å². The highest BCUT2D eigenvalue weighted by Crippen LogP contribution is 2.19. The number of hydrogen-bond donors (Lipinski definition) is 1. The third-order valence-electron chi connectivity index (χ3n) is 2.33. The van der Waals surface area contributed by atoms with Crippen LogP contribution in [0.1, 0.15) is 5.82 Å². The molecule has 6 nitrogen and oxygen atoms in total. The van der Waals surface area contributed by atoms with E-state index in [0.717, 1.165) is 11.0 Å². The summed E-state index contributed by atoms with van der Waals surface area (Å²) < 4.78 is 14.6. The zero-order valence-corrected chi connectivity index (χ0v) is 11.1. The van der Waals surface area contributed by atoms with Crippen LogP contribution in [0.25, 0.3) is 11.0 Å². The van der Waals surface area contributed by atoms with Gasteiger partial charge in [-0.2, -0.15) is 0 Å². The van der Waals surface area contributed by atoms with Crippen molar-refractivity contribution >= 4 is 28.8 Å². The number of carbonyl (C=O) groups is 1. The van der Waals surface area contributed by atoms with Crippen molar-refractivity contribution < 1.29 is 19.0 Å². The Morgan fingerprint density at radius 1 is 1.47 bits per heavy atom. The Balaban J connectivity index is 2.11. The number of rotatable bonds is 5. The molecule has 1 heterocycles. The SMILES string of the molecule is COC(=O)Oc1ccc2nc(COCCCl)[nH]c2c1. The number of imidazole rings is 1. The van der Waals surface area contributed by atoms with Crippen molar-refractivity contribution in [2.75, 3.05) is 19.6 Å². The standard InChI is InChI=1S/C12H13ClN2O4/c1-17-12(16)19-8-2-3-9-10(6-8)15-11(14-9)7-18-5-4-13/h2-3,6H,4-5,7H2,1H3,(H,14,15). The molecule has 0 bridgehead atoms. The van der Waals surface area contributed by atoms with Gasteiger partial charge in [0.25, 0.3) is 0 Å². The van der Waals surface area contributed by atoms with E-state index in [2.05, 4.69) is 14.7 Å². The number of carbonyl (C=O) groups excluding carboxylic acids is 1. The van der Waals surface area contributed by atoms with E-state index in [1.165, 1.54) is 7.11 Å². The zero-order valence-electron chi connectivity index (χ0n) is 10.3. The summed E-state index contributed by atoms with van der Waals surface area (Å²) in [6, 6.07) is 5.06. The fourth-order valence-electron chi connectivity index (χ4n) is 1.53. The number of alkyl halides is 1. The molecule has 1 N–H and O–H groups in total. The maximum atomic E-state index is 11.0. The Kier molecular flexibility index (Phi) is 4.59. The van der Waals surface area contributed by atoms with Crippen molar-refractivity contribution in [3.05, 3.63) is 24.0 Å². The lowest BCUT2D eigenvalue weighted by molar-refractivity contribution is 0.121. The zero-order chi connectivity index (χ0) is 13.7. The minimum atomic E-state index is -0.760. The Labute approximate surface area is 114 Å². The number of methoxy groups -OCH3 is 1. The Morgan fingerprint density at radius 3 is 3.05 bits per heavy atom. The van der Waals surface area contributed by atoms with Gasteiger partial charge in [0.15, 0.2) is 0 Å². The van der Waals surface area contributed by atoms with Crippen LogP contribution in [0.2, 0.25) is 0 Å². The molecular weight excluding hydrogens is 272 g/mol. The number of benzene rings is 1. The molecule has 0 radical (unpaired) electrons. The van der Waals surface area contributed by atoms with Gasteiger partial charge >= 0.3 is 6.16 Å². The average Bonchev–Trinajstić information content (AvgIpc) is 2.81. The molecule has 0 aliphatic carbocycles. The summed E-state index contributed by atoms with van der Waals surface area (Å²) in [5.74, 6) is 1.52. The Morgan fingerprint density at radius 2 is 2.32 bits per heavy atom. The van der Waals surface area contributed by atoms with Gasteiger partial charge in [0.05, 0.1) is 24.8 Å². The van der Waals surface area contributed by atoms with Crippen LogP contribution in [0.3, 0.4) is 0 Å². The maximum absolute atomic E-state index is 11.0. The number of halogens is 1. The number of aromatic amines is 1. The molecule has 1 aromatic carbocycles. The van der Waals surface area contributed by atoms with E-state index >= 15 is 0 Å².